The molecule has 1 aromatic rings. The van der Waals surface area contributed by atoms with Gasteiger partial charge in [0, 0.05) is 16.3 Å². The Labute approximate surface area is 137 Å². The Bertz CT molecular complexity index is 491. The van der Waals surface area contributed by atoms with Crippen molar-refractivity contribution in [2.45, 2.75) is 57.2 Å². The average Bonchev–Trinajstić information content (AvgIpc) is 2.83. The maximum atomic E-state index is 5.87. The van der Waals surface area contributed by atoms with E-state index in [4.69, 9.17) is 4.74 Å². The molecule has 1 aliphatic carbocycles. The van der Waals surface area contributed by atoms with Crippen LogP contribution < -0.4 is 4.74 Å². The highest BCUT2D eigenvalue weighted by molar-refractivity contribution is 9.09. The summed E-state index contributed by atoms with van der Waals surface area (Å²) in [5.74, 6) is 3.33. The maximum Gasteiger partial charge on any atom is 0.122 e. The van der Waals surface area contributed by atoms with Crippen LogP contribution >= 0.6 is 15.9 Å². The zero-order valence-electron chi connectivity index (χ0n) is 13.4. The first-order chi connectivity index (χ1) is 9.95. The first-order valence-corrected chi connectivity index (χ1v) is 9.22. The van der Waals surface area contributed by atoms with Gasteiger partial charge in [0.05, 0.1) is 6.61 Å². The number of halogens is 1. The number of alkyl halides is 1. The number of rotatable bonds is 2. The Morgan fingerprint density at radius 2 is 1.95 bits per heavy atom. The van der Waals surface area contributed by atoms with Crippen molar-refractivity contribution >= 4 is 15.9 Å². The first kappa shape index (κ1) is 15.4. The van der Waals surface area contributed by atoms with E-state index in [-0.39, 0.29) is 0 Å². The highest BCUT2D eigenvalue weighted by atomic mass is 79.9. The van der Waals surface area contributed by atoms with Crippen LogP contribution in [0.15, 0.2) is 24.3 Å². The Morgan fingerprint density at radius 1 is 1.19 bits per heavy atom. The van der Waals surface area contributed by atoms with Gasteiger partial charge >= 0.3 is 0 Å². The predicted octanol–water partition coefficient (Wildman–Crippen LogP) is 5.78. The van der Waals surface area contributed by atoms with Gasteiger partial charge in [0.15, 0.2) is 0 Å². The molecule has 0 bridgehead atoms. The second-order valence-corrected chi connectivity index (χ2v) is 9.11. The molecule has 1 aliphatic heterocycles. The third-order valence-electron chi connectivity index (χ3n) is 5.50. The normalized spacial score (nSPS) is 32.6. The summed E-state index contributed by atoms with van der Waals surface area (Å²) < 4.78 is 5.87. The van der Waals surface area contributed by atoms with E-state index in [9.17, 15) is 0 Å². The van der Waals surface area contributed by atoms with Gasteiger partial charge in [-0.25, -0.2) is 0 Å². The van der Waals surface area contributed by atoms with E-state index in [2.05, 4.69) is 61.0 Å². The number of benzene rings is 1. The zero-order valence-corrected chi connectivity index (χ0v) is 15.0. The Kier molecular flexibility index (Phi) is 4.36. The fourth-order valence-corrected chi connectivity index (χ4v) is 4.74. The van der Waals surface area contributed by atoms with E-state index in [1.807, 2.05) is 0 Å². The number of hydrogen-bond donors (Lipinski definition) is 0. The van der Waals surface area contributed by atoms with Crippen molar-refractivity contribution in [1.29, 1.82) is 0 Å². The molecule has 4 unspecified atom stereocenters. The highest BCUT2D eigenvalue weighted by Crippen LogP contribution is 2.47. The summed E-state index contributed by atoms with van der Waals surface area (Å²) in [4.78, 5) is 0.684. The second-order valence-electron chi connectivity index (χ2n) is 7.93. The third kappa shape index (κ3) is 3.31. The standard InChI is InChI=1S/C19H27BrO/c1-19(2,3)15-8-9-17(20)13(11-15)10-14-12-21-18-7-5-4-6-16(14)18/h4-7,13-15,17H,8-12H2,1-3H3. The Morgan fingerprint density at radius 3 is 2.71 bits per heavy atom. The summed E-state index contributed by atoms with van der Waals surface area (Å²) in [5.41, 5.74) is 1.87. The molecule has 2 heteroatoms. The molecule has 2 aliphatic rings. The van der Waals surface area contributed by atoms with Crippen molar-refractivity contribution in [1.82, 2.24) is 0 Å². The van der Waals surface area contributed by atoms with Gasteiger partial charge in [-0.2, -0.15) is 0 Å². The second kappa shape index (κ2) is 5.95. The molecule has 1 nitrogen and oxygen atoms in total. The minimum absolute atomic E-state index is 0.440. The molecule has 116 valence electrons. The van der Waals surface area contributed by atoms with Crippen molar-refractivity contribution in [2.24, 2.45) is 17.3 Å². The summed E-state index contributed by atoms with van der Waals surface area (Å²) in [6.45, 7) is 8.07. The highest BCUT2D eigenvalue weighted by Gasteiger charge is 2.37. The van der Waals surface area contributed by atoms with Gasteiger partial charge in [-0.15, -0.1) is 0 Å². The van der Waals surface area contributed by atoms with E-state index >= 15 is 0 Å². The van der Waals surface area contributed by atoms with Crippen LogP contribution in [0.1, 0.15) is 57.9 Å². The SMILES string of the molecule is CC(C)(C)C1CCC(Br)C(CC2COc3ccccc32)C1. The molecular weight excluding hydrogens is 324 g/mol. The third-order valence-corrected chi connectivity index (χ3v) is 6.71. The minimum Gasteiger partial charge on any atom is -0.493 e. The van der Waals surface area contributed by atoms with Gasteiger partial charge < -0.3 is 4.74 Å². The van der Waals surface area contributed by atoms with Gasteiger partial charge in [-0.05, 0) is 49.0 Å². The minimum atomic E-state index is 0.440. The number of para-hydroxylation sites is 1. The van der Waals surface area contributed by atoms with Gasteiger partial charge in [0.2, 0.25) is 0 Å². The van der Waals surface area contributed by atoms with E-state index in [0.717, 1.165) is 24.2 Å². The smallest absolute Gasteiger partial charge is 0.122 e. The average molecular weight is 351 g/mol. The van der Waals surface area contributed by atoms with Crippen LogP contribution in [0, 0.1) is 17.3 Å². The van der Waals surface area contributed by atoms with E-state index in [1.54, 1.807) is 0 Å². The zero-order chi connectivity index (χ0) is 15.0. The number of fused-ring (bicyclic) bond motifs is 1. The lowest BCUT2D eigenvalue weighted by molar-refractivity contribution is 0.137. The number of hydrogen-bond acceptors (Lipinski definition) is 1. The van der Waals surface area contributed by atoms with Gasteiger partial charge in [0.25, 0.3) is 0 Å². The molecule has 1 saturated carbocycles. The van der Waals surface area contributed by atoms with Crippen molar-refractivity contribution in [3.05, 3.63) is 29.8 Å². The Balaban J connectivity index is 1.69. The molecule has 1 heterocycles. The molecule has 0 aromatic heterocycles. The summed E-state index contributed by atoms with van der Waals surface area (Å²) in [5, 5.41) is 0. The molecule has 21 heavy (non-hydrogen) atoms. The van der Waals surface area contributed by atoms with Crippen LogP contribution in [0.4, 0.5) is 0 Å². The van der Waals surface area contributed by atoms with Crippen molar-refractivity contribution < 1.29 is 4.74 Å². The molecule has 1 fully saturated rings. The molecule has 0 N–H and O–H groups in total. The fourth-order valence-electron chi connectivity index (χ4n) is 4.05. The number of ether oxygens (including phenoxy) is 1. The topological polar surface area (TPSA) is 9.23 Å². The summed E-state index contributed by atoms with van der Waals surface area (Å²) >= 11 is 3.96. The monoisotopic (exact) mass is 350 g/mol. The van der Waals surface area contributed by atoms with Crippen LogP contribution in [-0.2, 0) is 0 Å². The largest absolute Gasteiger partial charge is 0.493 e. The summed E-state index contributed by atoms with van der Waals surface area (Å²) in [6, 6.07) is 8.58. The molecule has 3 rings (SSSR count). The maximum absolute atomic E-state index is 5.87. The van der Waals surface area contributed by atoms with E-state index in [1.165, 1.54) is 31.2 Å². The molecule has 0 amide bonds. The van der Waals surface area contributed by atoms with E-state index < -0.39 is 0 Å². The fraction of sp³-hybridized carbons (Fsp3) is 0.684. The van der Waals surface area contributed by atoms with Crippen LogP contribution in [-0.4, -0.2) is 11.4 Å². The lowest BCUT2D eigenvalue weighted by Crippen LogP contribution is -2.33. The van der Waals surface area contributed by atoms with Crippen LogP contribution in [0.25, 0.3) is 0 Å². The predicted molar refractivity (Wildman–Crippen MR) is 92.3 cm³/mol. The Hall–Kier alpha value is -0.500. The van der Waals surface area contributed by atoms with Gasteiger partial charge in [0.1, 0.15) is 5.75 Å². The summed E-state index contributed by atoms with van der Waals surface area (Å²) in [6.07, 6.45) is 5.31. The molecule has 0 saturated heterocycles. The first-order valence-electron chi connectivity index (χ1n) is 8.31. The van der Waals surface area contributed by atoms with Gasteiger partial charge in [-0.1, -0.05) is 54.9 Å². The van der Waals surface area contributed by atoms with Crippen LogP contribution in [0.3, 0.4) is 0 Å². The van der Waals surface area contributed by atoms with Crippen molar-refractivity contribution in [3.8, 4) is 5.75 Å². The lowest BCUT2D eigenvalue weighted by Gasteiger charge is -2.40. The summed E-state index contributed by atoms with van der Waals surface area (Å²) in [7, 11) is 0. The lowest BCUT2D eigenvalue weighted by atomic mass is 9.67. The van der Waals surface area contributed by atoms with Crippen molar-refractivity contribution in [2.75, 3.05) is 6.61 Å². The van der Waals surface area contributed by atoms with E-state index in [0.29, 0.717) is 16.2 Å². The molecule has 0 radical (unpaired) electrons. The van der Waals surface area contributed by atoms with Crippen LogP contribution in [0.2, 0.25) is 0 Å². The molecule has 4 atom stereocenters. The molecular formula is C19H27BrO. The molecule has 0 spiro atoms. The quantitative estimate of drug-likeness (QED) is 0.614. The molecule has 1 aromatic carbocycles. The van der Waals surface area contributed by atoms with Gasteiger partial charge in [-0.3, -0.25) is 0 Å². The van der Waals surface area contributed by atoms with Crippen LogP contribution in [0.5, 0.6) is 5.75 Å². The van der Waals surface area contributed by atoms with Crippen molar-refractivity contribution in [3.63, 3.8) is 0 Å².